The van der Waals surface area contributed by atoms with Crippen molar-refractivity contribution in [2.24, 2.45) is 0 Å². The van der Waals surface area contributed by atoms with Crippen molar-refractivity contribution in [2.45, 2.75) is 20.8 Å². The van der Waals surface area contributed by atoms with Crippen molar-refractivity contribution in [3.8, 4) is 21.8 Å². The van der Waals surface area contributed by atoms with Crippen LogP contribution in [0.15, 0.2) is 91.6 Å². The van der Waals surface area contributed by atoms with Gasteiger partial charge in [0.05, 0.1) is 11.2 Å². The van der Waals surface area contributed by atoms with Crippen molar-refractivity contribution in [2.75, 3.05) is 0 Å². The Morgan fingerprint density at radius 2 is 1.85 bits per heavy atom. The van der Waals surface area contributed by atoms with E-state index in [9.17, 15) is 0 Å². The van der Waals surface area contributed by atoms with E-state index in [1.165, 1.54) is 20.7 Å². The molecule has 0 aliphatic rings. The molecule has 0 aliphatic heterocycles. The summed E-state index contributed by atoms with van der Waals surface area (Å²) in [5, 5.41) is 10.2. The van der Waals surface area contributed by atoms with E-state index < -0.39 is 0 Å². The molecule has 0 fully saturated rings. The first-order valence-corrected chi connectivity index (χ1v) is 12.1. The van der Waals surface area contributed by atoms with Gasteiger partial charge in [0.25, 0.3) is 0 Å². The first-order valence-electron chi connectivity index (χ1n) is 11.3. The Hall–Kier alpha value is -3.89. The molecule has 5 rings (SSSR count). The zero-order valence-corrected chi connectivity index (χ0v) is 20.5. The normalized spacial score (nSPS) is 12.6. The Morgan fingerprint density at radius 1 is 1.00 bits per heavy atom. The SMILES string of the molecule is C=C/C(C)=C\C(=C/C)c1ccc2[nH]nc(-c3cc4c(-c5ccc(C(=C)C)s5)cccc4[nH]3)c2c1. The van der Waals surface area contributed by atoms with E-state index in [4.69, 9.17) is 0 Å². The highest BCUT2D eigenvalue weighted by atomic mass is 32.1. The smallest absolute Gasteiger partial charge is 0.116 e. The molecule has 0 saturated heterocycles. The van der Waals surface area contributed by atoms with Crippen LogP contribution < -0.4 is 0 Å². The Labute approximate surface area is 203 Å². The number of H-pyrrole nitrogens is 2. The molecule has 0 aliphatic carbocycles. The number of nitrogens with one attached hydrogen (secondary N) is 2. The van der Waals surface area contributed by atoms with Crippen LogP contribution in [0, 0.1) is 0 Å². The van der Waals surface area contributed by atoms with Gasteiger partial charge in [-0.15, -0.1) is 11.3 Å². The van der Waals surface area contributed by atoms with Crippen LogP contribution in [0.4, 0.5) is 0 Å². The summed E-state index contributed by atoms with van der Waals surface area (Å²) in [6.45, 7) is 14.1. The average molecular weight is 462 g/mol. The van der Waals surface area contributed by atoms with E-state index in [1.54, 1.807) is 11.3 Å². The summed E-state index contributed by atoms with van der Waals surface area (Å²) in [7, 11) is 0. The molecule has 3 heterocycles. The summed E-state index contributed by atoms with van der Waals surface area (Å²) < 4.78 is 0. The van der Waals surface area contributed by atoms with Gasteiger partial charge in [-0.1, -0.05) is 55.2 Å². The second-order valence-corrected chi connectivity index (χ2v) is 9.65. The Morgan fingerprint density at radius 3 is 2.59 bits per heavy atom. The molecule has 5 aromatic rings. The maximum Gasteiger partial charge on any atom is 0.116 e. The number of thiophene rings is 1. The third-order valence-electron chi connectivity index (χ3n) is 6.12. The second kappa shape index (κ2) is 8.81. The maximum absolute atomic E-state index is 4.68. The molecule has 2 N–H and O–H groups in total. The van der Waals surface area contributed by atoms with Gasteiger partial charge in [-0.05, 0) is 73.9 Å². The van der Waals surface area contributed by atoms with Crippen molar-refractivity contribution >= 4 is 44.3 Å². The fraction of sp³-hybridized carbons (Fsp3) is 0.100. The van der Waals surface area contributed by atoms with Gasteiger partial charge in [-0.2, -0.15) is 5.10 Å². The van der Waals surface area contributed by atoms with Crippen LogP contribution in [-0.2, 0) is 0 Å². The van der Waals surface area contributed by atoms with Gasteiger partial charge >= 0.3 is 0 Å². The summed E-state index contributed by atoms with van der Waals surface area (Å²) in [4.78, 5) is 6.06. The van der Waals surface area contributed by atoms with Gasteiger partial charge in [0.1, 0.15) is 5.69 Å². The van der Waals surface area contributed by atoms with Crippen molar-refractivity contribution in [1.29, 1.82) is 0 Å². The van der Waals surface area contributed by atoms with Crippen molar-refractivity contribution in [3.63, 3.8) is 0 Å². The number of aromatic nitrogens is 3. The first-order chi connectivity index (χ1) is 16.5. The summed E-state index contributed by atoms with van der Waals surface area (Å²) in [6, 6.07) is 19.4. The number of aromatic amines is 2. The monoisotopic (exact) mass is 461 g/mol. The van der Waals surface area contributed by atoms with E-state index in [0.717, 1.165) is 50.1 Å². The second-order valence-electron chi connectivity index (χ2n) is 8.56. The molecule has 3 aromatic heterocycles. The number of benzene rings is 2. The van der Waals surface area contributed by atoms with Gasteiger partial charge < -0.3 is 4.98 Å². The van der Waals surface area contributed by atoms with E-state index >= 15 is 0 Å². The van der Waals surface area contributed by atoms with Crippen molar-refractivity contribution in [3.05, 3.63) is 102 Å². The molecule has 34 heavy (non-hydrogen) atoms. The minimum Gasteiger partial charge on any atom is -0.353 e. The summed E-state index contributed by atoms with van der Waals surface area (Å²) in [5.74, 6) is 0. The minimum atomic E-state index is 0.924. The predicted octanol–water partition coefficient (Wildman–Crippen LogP) is 9.01. The first kappa shape index (κ1) is 21.9. The number of nitrogens with zero attached hydrogens (tertiary/aromatic N) is 1. The molecule has 0 amide bonds. The van der Waals surface area contributed by atoms with Crippen LogP contribution >= 0.6 is 11.3 Å². The van der Waals surface area contributed by atoms with E-state index in [2.05, 4.69) is 116 Å². The van der Waals surface area contributed by atoms with E-state index in [0.29, 0.717) is 0 Å². The Kier molecular flexibility index (Phi) is 5.68. The van der Waals surface area contributed by atoms with Gasteiger partial charge in [0.15, 0.2) is 0 Å². The van der Waals surface area contributed by atoms with Crippen LogP contribution in [0.25, 0.3) is 54.8 Å². The lowest BCUT2D eigenvalue weighted by molar-refractivity contribution is 1.12. The lowest BCUT2D eigenvalue weighted by Crippen LogP contribution is -1.84. The van der Waals surface area contributed by atoms with E-state index in [1.807, 2.05) is 6.08 Å². The maximum atomic E-state index is 4.68. The van der Waals surface area contributed by atoms with Crippen molar-refractivity contribution in [1.82, 2.24) is 15.2 Å². The number of fused-ring (bicyclic) bond motifs is 2. The summed E-state index contributed by atoms with van der Waals surface area (Å²) in [5.41, 5.74) is 9.81. The molecule has 4 heteroatoms. The highest BCUT2D eigenvalue weighted by Crippen LogP contribution is 2.38. The number of rotatable bonds is 6. The Bertz CT molecular complexity index is 1620. The lowest BCUT2D eigenvalue weighted by atomic mass is 10.0. The average Bonchev–Trinajstić information content (AvgIpc) is 3.59. The van der Waals surface area contributed by atoms with Gasteiger partial charge in [0.2, 0.25) is 0 Å². The third kappa shape index (κ3) is 3.87. The van der Waals surface area contributed by atoms with E-state index in [-0.39, 0.29) is 0 Å². The number of allylic oxidation sites excluding steroid dienone is 6. The fourth-order valence-electron chi connectivity index (χ4n) is 4.25. The molecule has 0 spiro atoms. The van der Waals surface area contributed by atoms with Gasteiger partial charge in [0, 0.05) is 31.6 Å². The zero-order valence-electron chi connectivity index (χ0n) is 19.7. The Balaban J connectivity index is 1.62. The minimum absolute atomic E-state index is 0.924. The highest BCUT2D eigenvalue weighted by Gasteiger charge is 2.15. The molecular formula is C30H27N3S. The van der Waals surface area contributed by atoms with Crippen LogP contribution in [0.3, 0.4) is 0 Å². The molecule has 168 valence electrons. The summed E-state index contributed by atoms with van der Waals surface area (Å²) >= 11 is 1.78. The van der Waals surface area contributed by atoms with Crippen LogP contribution in [0.1, 0.15) is 31.2 Å². The van der Waals surface area contributed by atoms with Crippen molar-refractivity contribution < 1.29 is 0 Å². The molecule has 3 nitrogen and oxygen atoms in total. The largest absolute Gasteiger partial charge is 0.353 e. The fourth-order valence-corrected chi connectivity index (χ4v) is 5.22. The lowest BCUT2D eigenvalue weighted by Gasteiger charge is -2.04. The standard InChI is InChI=1S/C30H27N3S/c1-6-19(5)15-20(7-2)21-11-12-26-24(16-21)30(33-32-26)27-17-23-22(9-8-10-25(23)31-27)29-14-13-28(34-29)18(3)4/h6-17,31H,1,3H2,2,4-5H3,(H,32,33)/b19-15-,20-7+. The van der Waals surface area contributed by atoms with Crippen LogP contribution in [-0.4, -0.2) is 15.2 Å². The zero-order chi connectivity index (χ0) is 23.8. The molecule has 0 radical (unpaired) electrons. The quantitative estimate of drug-likeness (QED) is 0.243. The van der Waals surface area contributed by atoms with Crippen LogP contribution in [0.2, 0.25) is 0 Å². The highest BCUT2D eigenvalue weighted by molar-refractivity contribution is 7.16. The molecule has 2 aromatic carbocycles. The molecule has 0 unspecified atom stereocenters. The van der Waals surface area contributed by atoms with Gasteiger partial charge in [-0.3, -0.25) is 5.10 Å². The molecular weight excluding hydrogens is 434 g/mol. The topological polar surface area (TPSA) is 44.5 Å². The molecule has 0 bridgehead atoms. The summed E-state index contributed by atoms with van der Waals surface area (Å²) in [6.07, 6.45) is 6.16. The van der Waals surface area contributed by atoms with Gasteiger partial charge in [-0.25, -0.2) is 0 Å². The predicted molar refractivity (Wildman–Crippen MR) is 149 cm³/mol. The number of hydrogen-bond acceptors (Lipinski definition) is 2. The molecule has 0 atom stereocenters. The third-order valence-corrected chi connectivity index (χ3v) is 7.40. The van der Waals surface area contributed by atoms with Crippen LogP contribution in [0.5, 0.6) is 0 Å². The molecule has 0 saturated carbocycles. The number of hydrogen-bond donors (Lipinski definition) is 2.